The van der Waals surface area contributed by atoms with E-state index in [1.54, 1.807) is 18.6 Å². The first-order valence-electron chi connectivity index (χ1n) is 6.92. The van der Waals surface area contributed by atoms with Crippen LogP contribution in [0.1, 0.15) is 19.3 Å². The van der Waals surface area contributed by atoms with Crippen molar-refractivity contribution in [1.29, 1.82) is 0 Å². The Balaban J connectivity index is 1.81. The fraction of sp³-hybridized carbons (Fsp3) is 0.267. The van der Waals surface area contributed by atoms with Gasteiger partial charge in [0.2, 0.25) is 0 Å². The first-order valence-corrected chi connectivity index (χ1v) is 6.92. The molecule has 0 aliphatic heterocycles. The SMILES string of the molecule is c1cc(-c2cc(NC3CCC3)n3nccc3n2)ccn1. The lowest BCUT2D eigenvalue weighted by Crippen LogP contribution is -2.28. The Morgan fingerprint density at radius 3 is 2.70 bits per heavy atom. The molecule has 20 heavy (non-hydrogen) atoms. The van der Waals surface area contributed by atoms with Crippen molar-refractivity contribution in [3.8, 4) is 11.3 Å². The molecule has 1 saturated carbocycles. The van der Waals surface area contributed by atoms with Crippen molar-refractivity contribution in [2.24, 2.45) is 0 Å². The first-order chi connectivity index (χ1) is 9.90. The summed E-state index contributed by atoms with van der Waals surface area (Å²) in [7, 11) is 0. The third-order valence-electron chi connectivity index (χ3n) is 3.79. The van der Waals surface area contributed by atoms with Crippen LogP contribution in [-0.2, 0) is 0 Å². The summed E-state index contributed by atoms with van der Waals surface area (Å²) < 4.78 is 1.86. The van der Waals surface area contributed by atoms with Crippen LogP contribution in [0.2, 0.25) is 0 Å². The van der Waals surface area contributed by atoms with E-state index >= 15 is 0 Å². The zero-order valence-corrected chi connectivity index (χ0v) is 11.0. The van der Waals surface area contributed by atoms with E-state index in [0.717, 1.165) is 22.7 Å². The Bertz CT molecular complexity index is 730. The summed E-state index contributed by atoms with van der Waals surface area (Å²) in [5.74, 6) is 1.01. The molecule has 0 atom stereocenters. The van der Waals surface area contributed by atoms with Crippen molar-refractivity contribution in [1.82, 2.24) is 19.6 Å². The van der Waals surface area contributed by atoms with Gasteiger partial charge in [-0.05, 0) is 31.4 Å². The number of nitrogens with zero attached hydrogens (tertiary/aromatic N) is 4. The van der Waals surface area contributed by atoms with Crippen molar-refractivity contribution >= 4 is 11.5 Å². The zero-order chi connectivity index (χ0) is 13.4. The molecule has 4 rings (SSSR count). The van der Waals surface area contributed by atoms with Gasteiger partial charge in [0.1, 0.15) is 5.82 Å². The molecule has 0 spiro atoms. The fourth-order valence-electron chi connectivity index (χ4n) is 2.45. The van der Waals surface area contributed by atoms with Crippen LogP contribution in [0.3, 0.4) is 0 Å². The molecule has 0 radical (unpaired) electrons. The number of fused-ring (bicyclic) bond motifs is 1. The van der Waals surface area contributed by atoms with Crippen LogP contribution >= 0.6 is 0 Å². The fourth-order valence-corrected chi connectivity index (χ4v) is 2.45. The van der Waals surface area contributed by atoms with Crippen LogP contribution in [-0.4, -0.2) is 25.6 Å². The molecule has 0 aromatic carbocycles. The topological polar surface area (TPSA) is 55.1 Å². The number of hydrogen-bond acceptors (Lipinski definition) is 4. The van der Waals surface area contributed by atoms with Gasteiger partial charge in [-0.25, -0.2) is 4.98 Å². The minimum atomic E-state index is 0.565. The minimum absolute atomic E-state index is 0.565. The number of anilines is 1. The maximum Gasteiger partial charge on any atom is 0.157 e. The standard InChI is InChI=1S/C15H15N5/c1-2-12(3-1)18-15-10-13(11-4-7-16-8-5-11)19-14-6-9-17-20(14)15/h4-10,12,18H,1-3H2. The van der Waals surface area contributed by atoms with E-state index in [9.17, 15) is 0 Å². The Hall–Kier alpha value is -2.43. The second-order valence-electron chi connectivity index (χ2n) is 5.14. The van der Waals surface area contributed by atoms with Crippen LogP contribution < -0.4 is 5.32 Å². The molecule has 0 amide bonds. The number of aromatic nitrogens is 4. The average Bonchev–Trinajstić information content (AvgIpc) is 2.92. The van der Waals surface area contributed by atoms with Gasteiger partial charge in [0.05, 0.1) is 11.9 Å². The average molecular weight is 265 g/mol. The largest absolute Gasteiger partial charge is 0.367 e. The maximum absolute atomic E-state index is 4.65. The molecule has 0 bridgehead atoms. The number of rotatable bonds is 3. The van der Waals surface area contributed by atoms with Crippen molar-refractivity contribution in [3.63, 3.8) is 0 Å². The molecular formula is C15H15N5. The highest BCUT2D eigenvalue weighted by Gasteiger charge is 2.19. The lowest BCUT2D eigenvalue weighted by Gasteiger charge is -2.27. The van der Waals surface area contributed by atoms with Gasteiger partial charge < -0.3 is 5.32 Å². The van der Waals surface area contributed by atoms with E-state index in [2.05, 4.69) is 26.4 Å². The number of pyridine rings is 1. The van der Waals surface area contributed by atoms with Crippen molar-refractivity contribution < 1.29 is 0 Å². The Morgan fingerprint density at radius 1 is 1.10 bits per heavy atom. The second-order valence-corrected chi connectivity index (χ2v) is 5.14. The van der Waals surface area contributed by atoms with Crippen molar-refractivity contribution in [3.05, 3.63) is 42.9 Å². The molecule has 100 valence electrons. The molecule has 3 aromatic heterocycles. The van der Waals surface area contributed by atoms with Crippen molar-refractivity contribution in [2.75, 3.05) is 5.32 Å². The molecular weight excluding hydrogens is 250 g/mol. The number of nitrogens with one attached hydrogen (secondary N) is 1. The van der Waals surface area contributed by atoms with Gasteiger partial charge in [0.15, 0.2) is 5.65 Å². The van der Waals surface area contributed by atoms with E-state index in [1.165, 1.54) is 19.3 Å². The van der Waals surface area contributed by atoms with E-state index in [-0.39, 0.29) is 0 Å². The predicted octanol–water partition coefficient (Wildman–Crippen LogP) is 2.76. The summed E-state index contributed by atoms with van der Waals surface area (Å²) >= 11 is 0. The van der Waals surface area contributed by atoms with Gasteiger partial charge in [-0.15, -0.1) is 0 Å². The van der Waals surface area contributed by atoms with E-state index < -0.39 is 0 Å². The van der Waals surface area contributed by atoms with Crippen LogP contribution in [0.15, 0.2) is 42.9 Å². The van der Waals surface area contributed by atoms with E-state index in [1.807, 2.05) is 22.7 Å². The van der Waals surface area contributed by atoms with Crippen LogP contribution in [0.5, 0.6) is 0 Å². The van der Waals surface area contributed by atoms with Gasteiger partial charge in [0, 0.05) is 36.1 Å². The second kappa shape index (κ2) is 4.59. The molecule has 0 unspecified atom stereocenters. The molecule has 1 aliphatic rings. The summed E-state index contributed by atoms with van der Waals surface area (Å²) in [5, 5.41) is 7.91. The van der Waals surface area contributed by atoms with Gasteiger partial charge in [-0.1, -0.05) is 0 Å². The highest BCUT2D eigenvalue weighted by atomic mass is 15.3. The van der Waals surface area contributed by atoms with E-state index in [0.29, 0.717) is 6.04 Å². The molecule has 5 heteroatoms. The third-order valence-corrected chi connectivity index (χ3v) is 3.79. The molecule has 1 fully saturated rings. The van der Waals surface area contributed by atoms with Crippen LogP contribution in [0.4, 0.5) is 5.82 Å². The molecule has 1 N–H and O–H groups in total. The first kappa shape index (κ1) is 11.4. The minimum Gasteiger partial charge on any atom is -0.367 e. The number of hydrogen-bond donors (Lipinski definition) is 1. The van der Waals surface area contributed by atoms with Gasteiger partial charge in [-0.2, -0.15) is 9.61 Å². The van der Waals surface area contributed by atoms with Crippen LogP contribution in [0.25, 0.3) is 16.9 Å². The predicted molar refractivity (Wildman–Crippen MR) is 77.5 cm³/mol. The van der Waals surface area contributed by atoms with Crippen molar-refractivity contribution in [2.45, 2.75) is 25.3 Å². The summed E-state index contributed by atoms with van der Waals surface area (Å²) in [4.78, 5) is 8.71. The zero-order valence-electron chi connectivity index (χ0n) is 11.0. The lowest BCUT2D eigenvalue weighted by atomic mass is 9.93. The molecule has 5 nitrogen and oxygen atoms in total. The van der Waals surface area contributed by atoms with Crippen LogP contribution in [0, 0.1) is 0 Å². The normalized spacial score (nSPS) is 15.2. The smallest absolute Gasteiger partial charge is 0.157 e. The highest BCUT2D eigenvalue weighted by Crippen LogP contribution is 2.26. The van der Waals surface area contributed by atoms with Gasteiger partial charge in [0.25, 0.3) is 0 Å². The summed E-state index contributed by atoms with van der Waals surface area (Å²) in [6, 6.07) is 8.50. The van der Waals surface area contributed by atoms with E-state index in [4.69, 9.17) is 0 Å². The molecule has 1 aliphatic carbocycles. The third kappa shape index (κ3) is 1.91. The van der Waals surface area contributed by atoms with Gasteiger partial charge >= 0.3 is 0 Å². The Morgan fingerprint density at radius 2 is 1.95 bits per heavy atom. The maximum atomic E-state index is 4.65. The lowest BCUT2D eigenvalue weighted by molar-refractivity contribution is 0.443. The quantitative estimate of drug-likeness (QED) is 0.791. The summed E-state index contributed by atoms with van der Waals surface area (Å²) in [6.45, 7) is 0. The highest BCUT2D eigenvalue weighted by molar-refractivity contribution is 5.66. The van der Waals surface area contributed by atoms with Gasteiger partial charge in [-0.3, -0.25) is 4.98 Å². The molecule has 3 aromatic rings. The Kier molecular flexibility index (Phi) is 2.62. The molecule has 0 saturated heterocycles. The molecule has 3 heterocycles. The monoisotopic (exact) mass is 265 g/mol. The summed E-state index contributed by atoms with van der Waals surface area (Å²) in [6.07, 6.45) is 9.13. The Labute approximate surface area is 116 Å². The summed E-state index contributed by atoms with van der Waals surface area (Å²) in [5.41, 5.74) is 2.88.